The summed E-state index contributed by atoms with van der Waals surface area (Å²) in [5, 5.41) is 12.4. The number of carbonyl (C=O) groups is 2. The molecule has 1 aromatic heterocycles. The summed E-state index contributed by atoms with van der Waals surface area (Å²) in [4.78, 5) is 23.0. The number of nitrogens with one attached hydrogen (secondary N) is 1. The zero-order chi connectivity index (χ0) is 15.7. The van der Waals surface area contributed by atoms with E-state index < -0.39 is 11.9 Å². The SMILES string of the molecule is O=C(Nc1ccc(C(=O)O)c(Cl)c1)c1cc2ccccc2o1. The summed E-state index contributed by atoms with van der Waals surface area (Å²) in [5.41, 5.74) is 0.982. The molecular weight excluding hydrogens is 306 g/mol. The van der Waals surface area contributed by atoms with Crippen LogP contribution in [0.5, 0.6) is 0 Å². The maximum absolute atomic E-state index is 12.1. The Morgan fingerprint density at radius 3 is 2.55 bits per heavy atom. The van der Waals surface area contributed by atoms with E-state index >= 15 is 0 Å². The summed E-state index contributed by atoms with van der Waals surface area (Å²) in [6.45, 7) is 0. The number of carbonyl (C=O) groups excluding carboxylic acids is 1. The topological polar surface area (TPSA) is 79.5 Å². The van der Waals surface area contributed by atoms with Crippen molar-refractivity contribution in [2.75, 3.05) is 5.32 Å². The van der Waals surface area contributed by atoms with Gasteiger partial charge in [-0.25, -0.2) is 4.79 Å². The van der Waals surface area contributed by atoms with Gasteiger partial charge in [-0.15, -0.1) is 0 Å². The maximum atomic E-state index is 12.1. The fourth-order valence-corrected chi connectivity index (χ4v) is 2.31. The van der Waals surface area contributed by atoms with Crippen molar-refractivity contribution in [1.82, 2.24) is 0 Å². The lowest BCUT2D eigenvalue weighted by Gasteiger charge is -2.05. The van der Waals surface area contributed by atoms with Gasteiger partial charge in [-0.3, -0.25) is 4.79 Å². The van der Waals surface area contributed by atoms with Crippen LogP contribution in [0.25, 0.3) is 11.0 Å². The van der Waals surface area contributed by atoms with E-state index in [-0.39, 0.29) is 16.3 Å². The van der Waals surface area contributed by atoms with Gasteiger partial charge in [-0.05, 0) is 30.3 Å². The van der Waals surface area contributed by atoms with Crippen molar-refractivity contribution in [2.45, 2.75) is 0 Å². The predicted molar refractivity (Wildman–Crippen MR) is 82.6 cm³/mol. The molecule has 0 aliphatic rings. The summed E-state index contributed by atoms with van der Waals surface area (Å²) in [7, 11) is 0. The highest BCUT2D eigenvalue weighted by Gasteiger charge is 2.14. The van der Waals surface area contributed by atoms with E-state index in [4.69, 9.17) is 21.1 Å². The van der Waals surface area contributed by atoms with Crippen molar-refractivity contribution in [3.63, 3.8) is 0 Å². The number of hydrogen-bond acceptors (Lipinski definition) is 3. The van der Waals surface area contributed by atoms with Gasteiger partial charge in [0.05, 0.1) is 10.6 Å². The van der Waals surface area contributed by atoms with E-state index in [1.54, 1.807) is 12.1 Å². The molecule has 0 aliphatic carbocycles. The second kappa shape index (κ2) is 5.54. The van der Waals surface area contributed by atoms with Gasteiger partial charge in [0.25, 0.3) is 5.91 Å². The number of carboxylic acid groups (broad SMARTS) is 1. The van der Waals surface area contributed by atoms with Crippen molar-refractivity contribution in [2.24, 2.45) is 0 Å². The van der Waals surface area contributed by atoms with Crippen LogP contribution in [0.1, 0.15) is 20.9 Å². The standard InChI is InChI=1S/C16H10ClNO4/c17-12-8-10(5-6-11(12)16(20)21)18-15(19)14-7-9-3-1-2-4-13(9)22-14/h1-8H,(H,18,19)(H,20,21). The Morgan fingerprint density at radius 1 is 1.09 bits per heavy atom. The van der Waals surface area contributed by atoms with Crippen LogP contribution in [0.4, 0.5) is 5.69 Å². The Bertz CT molecular complexity index is 852. The molecule has 6 heteroatoms. The van der Waals surface area contributed by atoms with E-state index in [0.29, 0.717) is 11.3 Å². The number of hydrogen-bond donors (Lipinski definition) is 2. The highest BCUT2D eigenvalue weighted by atomic mass is 35.5. The number of aromatic carboxylic acids is 1. The van der Waals surface area contributed by atoms with Gasteiger partial charge < -0.3 is 14.8 Å². The molecule has 0 aliphatic heterocycles. The molecule has 22 heavy (non-hydrogen) atoms. The normalized spacial score (nSPS) is 10.6. The molecule has 2 aromatic carbocycles. The lowest BCUT2D eigenvalue weighted by atomic mass is 10.2. The zero-order valence-corrected chi connectivity index (χ0v) is 11.9. The minimum absolute atomic E-state index is 0.0246. The lowest BCUT2D eigenvalue weighted by molar-refractivity contribution is 0.0697. The van der Waals surface area contributed by atoms with Crippen molar-refractivity contribution >= 4 is 40.1 Å². The molecule has 1 heterocycles. The molecule has 5 nitrogen and oxygen atoms in total. The van der Waals surface area contributed by atoms with Gasteiger partial charge in [0.1, 0.15) is 5.58 Å². The zero-order valence-electron chi connectivity index (χ0n) is 11.2. The number of furan rings is 1. The molecule has 0 saturated heterocycles. The van der Waals surface area contributed by atoms with Gasteiger partial charge in [-0.1, -0.05) is 29.8 Å². The van der Waals surface area contributed by atoms with E-state index in [1.165, 1.54) is 18.2 Å². The van der Waals surface area contributed by atoms with E-state index in [2.05, 4.69) is 5.32 Å². The van der Waals surface area contributed by atoms with Gasteiger partial charge >= 0.3 is 5.97 Å². The van der Waals surface area contributed by atoms with Crippen molar-refractivity contribution < 1.29 is 19.1 Å². The quantitative estimate of drug-likeness (QED) is 0.764. The first-order valence-corrected chi connectivity index (χ1v) is 6.75. The van der Waals surface area contributed by atoms with Crippen LogP contribution in [0.15, 0.2) is 52.9 Å². The Balaban J connectivity index is 1.84. The molecule has 1 amide bonds. The highest BCUT2D eigenvalue weighted by Crippen LogP contribution is 2.23. The molecule has 110 valence electrons. The molecule has 0 atom stereocenters. The Hall–Kier alpha value is -2.79. The Kier molecular flexibility index (Phi) is 3.56. The van der Waals surface area contributed by atoms with Crippen LogP contribution < -0.4 is 5.32 Å². The largest absolute Gasteiger partial charge is 0.478 e. The smallest absolute Gasteiger partial charge is 0.337 e. The average molecular weight is 316 g/mol. The van der Waals surface area contributed by atoms with Crippen LogP contribution in [0.2, 0.25) is 5.02 Å². The van der Waals surface area contributed by atoms with Crippen molar-refractivity contribution in [1.29, 1.82) is 0 Å². The Morgan fingerprint density at radius 2 is 1.86 bits per heavy atom. The minimum Gasteiger partial charge on any atom is -0.478 e. The molecule has 0 unspecified atom stereocenters. The number of para-hydroxylation sites is 1. The number of anilines is 1. The Labute approximate surface area is 130 Å². The molecule has 2 N–H and O–H groups in total. The first kappa shape index (κ1) is 14.2. The summed E-state index contributed by atoms with van der Waals surface area (Å²) in [6, 6.07) is 13.1. The highest BCUT2D eigenvalue weighted by molar-refractivity contribution is 6.33. The number of rotatable bonds is 3. The monoisotopic (exact) mass is 315 g/mol. The predicted octanol–water partition coefficient (Wildman–Crippen LogP) is 4.04. The second-order valence-corrected chi connectivity index (χ2v) is 5.01. The van der Waals surface area contributed by atoms with Gasteiger partial charge in [0.15, 0.2) is 5.76 Å². The third-order valence-electron chi connectivity index (χ3n) is 3.11. The molecule has 0 fully saturated rings. The fraction of sp³-hybridized carbons (Fsp3) is 0. The lowest BCUT2D eigenvalue weighted by Crippen LogP contribution is -2.11. The van der Waals surface area contributed by atoms with Gasteiger partial charge in [-0.2, -0.15) is 0 Å². The van der Waals surface area contributed by atoms with Crippen molar-refractivity contribution in [3.8, 4) is 0 Å². The molecule has 3 rings (SSSR count). The molecule has 0 radical (unpaired) electrons. The van der Waals surface area contributed by atoms with Crippen molar-refractivity contribution in [3.05, 3.63) is 64.9 Å². The number of benzene rings is 2. The number of carboxylic acids is 1. The number of fused-ring (bicyclic) bond motifs is 1. The molecule has 3 aromatic rings. The van der Waals surface area contributed by atoms with Crippen LogP contribution in [0, 0.1) is 0 Å². The second-order valence-electron chi connectivity index (χ2n) is 4.60. The summed E-state index contributed by atoms with van der Waals surface area (Å²) >= 11 is 5.86. The molecular formula is C16H10ClNO4. The number of amides is 1. The first-order valence-electron chi connectivity index (χ1n) is 6.37. The van der Waals surface area contributed by atoms with Gasteiger partial charge in [0, 0.05) is 11.1 Å². The molecule has 0 saturated carbocycles. The average Bonchev–Trinajstić information content (AvgIpc) is 2.91. The van der Waals surface area contributed by atoms with Crippen LogP contribution in [0.3, 0.4) is 0 Å². The fourth-order valence-electron chi connectivity index (χ4n) is 2.05. The van der Waals surface area contributed by atoms with E-state index in [0.717, 1.165) is 5.39 Å². The van der Waals surface area contributed by atoms with Crippen LogP contribution in [-0.4, -0.2) is 17.0 Å². The maximum Gasteiger partial charge on any atom is 0.337 e. The molecule has 0 spiro atoms. The van der Waals surface area contributed by atoms with E-state index in [1.807, 2.05) is 18.2 Å². The third-order valence-corrected chi connectivity index (χ3v) is 3.42. The van der Waals surface area contributed by atoms with Crippen LogP contribution >= 0.6 is 11.6 Å². The number of halogens is 1. The summed E-state index contributed by atoms with van der Waals surface area (Å²) in [6.07, 6.45) is 0. The third kappa shape index (κ3) is 2.66. The molecule has 0 bridgehead atoms. The van der Waals surface area contributed by atoms with Gasteiger partial charge in [0.2, 0.25) is 0 Å². The first-order chi connectivity index (χ1) is 10.5. The summed E-state index contributed by atoms with van der Waals surface area (Å²) < 4.78 is 5.46. The minimum atomic E-state index is -1.12. The van der Waals surface area contributed by atoms with E-state index in [9.17, 15) is 9.59 Å². The van der Waals surface area contributed by atoms with Crippen LogP contribution in [-0.2, 0) is 0 Å². The summed E-state index contributed by atoms with van der Waals surface area (Å²) in [5.74, 6) is -1.39.